The summed E-state index contributed by atoms with van der Waals surface area (Å²) in [4.78, 5) is 8.31. The van der Waals surface area contributed by atoms with Crippen LogP contribution >= 0.6 is 27.5 Å². The second-order valence-corrected chi connectivity index (χ2v) is 5.48. The van der Waals surface area contributed by atoms with Crippen molar-refractivity contribution in [1.82, 2.24) is 9.97 Å². The van der Waals surface area contributed by atoms with Gasteiger partial charge in [0.05, 0.1) is 12.8 Å². The van der Waals surface area contributed by atoms with Crippen LogP contribution in [0.4, 0.5) is 11.5 Å². The van der Waals surface area contributed by atoms with E-state index >= 15 is 0 Å². The van der Waals surface area contributed by atoms with Crippen molar-refractivity contribution in [2.75, 3.05) is 12.4 Å². The molecular formula is C14H15BrClN3O. The molecular weight excluding hydrogens is 342 g/mol. The zero-order valence-electron chi connectivity index (χ0n) is 11.3. The molecule has 0 spiro atoms. The number of ether oxygens (including phenoxy) is 1. The van der Waals surface area contributed by atoms with Crippen molar-refractivity contribution in [3.8, 4) is 5.75 Å². The van der Waals surface area contributed by atoms with Crippen LogP contribution in [0.25, 0.3) is 0 Å². The van der Waals surface area contributed by atoms with Crippen LogP contribution in [-0.4, -0.2) is 17.1 Å². The van der Waals surface area contributed by atoms with Gasteiger partial charge in [-0.05, 0) is 24.6 Å². The summed E-state index contributed by atoms with van der Waals surface area (Å²) in [5.74, 6) is 1.45. The maximum Gasteiger partial charge on any atom is 0.142 e. The fourth-order valence-electron chi connectivity index (χ4n) is 1.88. The molecule has 0 bridgehead atoms. The van der Waals surface area contributed by atoms with Crippen LogP contribution in [0.5, 0.6) is 5.75 Å². The van der Waals surface area contributed by atoms with Gasteiger partial charge in [-0.15, -0.1) is 0 Å². The minimum absolute atomic E-state index is 0.485. The number of hydrogen-bond acceptors (Lipinski definition) is 4. The maximum absolute atomic E-state index is 6.15. The lowest BCUT2D eigenvalue weighted by Gasteiger charge is -2.14. The van der Waals surface area contributed by atoms with E-state index in [2.05, 4.69) is 38.1 Å². The molecule has 0 atom stereocenters. The summed E-state index contributed by atoms with van der Waals surface area (Å²) in [7, 11) is 1.63. The highest BCUT2D eigenvalue weighted by atomic mass is 79.9. The Morgan fingerprint density at radius 2 is 2.15 bits per heavy atom. The molecule has 0 amide bonds. The van der Waals surface area contributed by atoms with Crippen molar-refractivity contribution in [3.63, 3.8) is 0 Å². The topological polar surface area (TPSA) is 47.0 Å². The van der Waals surface area contributed by atoms with Crippen LogP contribution in [0.1, 0.15) is 18.9 Å². The Hall–Kier alpha value is -1.33. The zero-order valence-corrected chi connectivity index (χ0v) is 13.6. The Labute approximate surface area is 131 Å². The fraction of sp³-hybridized carbons (Fsp3) is 0.286. The van der Waals surface area contributed by atoms with E-state index in [0.717, 1.165) is 34.3 Å². The average molecular weight is 357 g/mol. The van der Waals surface area contributed by atoms with Gasteiger partial charge in [0.1, 0.15) is 23.0 Å². The largest absolute Gasteiger partial charge is 0.495 e. The normalized spacial score (nSPS) is 10.4. The van der Waals surface area contributed by atoms with Gasteiger partial charge in [0.25, 0.3) is 0 Å². The molecule has 2 rings (SSSR count). The third kappa shape index (κ3) is 3.41. The molecule has 0 saturated carbocycles. The Balaban J connectivity index is 2.39. The van der Waals surface area contributed by atoms with Crippen molar-refractivity contribution in [2.45, 2.75) is 19.8 Å². The molecule has 0 aliphatic heterocycles. The van der Waals surface area contributed by atoms with Crippen molar-refractivity contribution in [2.24, 2.45) is 0 Å². The first-order valence-corrected chi connectivity index (χ1v) is 7.42. The van der Waals surface area contributed by atoms with Crippen LogP contribution in [0, 0.1) is 0 Å². The predicted octanol–water partition coefficient (Wildman–Crippen LogP) is 4.60. The van der Waals surface area contributed by atoms with E-state index in [-0.39, 0.29) is 0 Å². The summed E-state index contributed by atoms with van der Waals surface area (Å²) < 4.78 is 6.30. The molecule has 106 valence electrons. The Kier molecular flexibility index (Phi) is 5.20. The number of methoxy groups -OCH3 is 1. The van der Waals surface area contributed by atoms with Gasteiger partial charge in [0.2, 0.25) is 0 Å². The van der Waals surface area contributed by atoms with Gasteiger partial charge in [-0.25, -0.2) is 9.97 Å². The lowest BCUT2D eigenvalue weighted by molar-refractivity contribution is 0.416. The molecule has 1 aromatic carbocycles. The van der Waals surface area contributed by atoms with E-state index in [1.54, 1.807) is 7.11 Å². The first-order valence-electron chi connectivity index (χ1n) is 6.25. The number of hydrogen-bond donors (Lipinski definition) is 1. The van der Waals surface area contributed by atoms with E-state index in [0.29, 0.717) is 11.0 Å². The fourth-order valence-corrected chi connectivity index (χ4v) is 2.46. The predicted molar refractivity (Wildman–Crippen MR) is 85.0 cm³/mol. The molecule has 0 aliphatic rings. The molecule has 0 unspecified atom stereocenters. The number of aromatic nitrogens is 2. The summed E-state index contributed by atoms with van der Waals surface area (Å²) in [5, 5.41) is 3.75. The van der Waals surface area contributed by atoms with Crippen LogP contribution in [0.2, 0.25) is 5.15 Å². The van der Waals surface area contributed by atoms with Gasteiger partial charge in [0, 0.05) is 10.0 Å². The maximum atomic E-state index is 6.15. The van der Waals surface area contributed by atoms with Gasteiger partial charge >= 0.3 is 0 Å². The molecule has 0 saturated heterocycles. The lowest BCUT2D eigenvalue weighted by atomic mass is 10.2. The first-order chi connectivity index (χ1) is 9.65. The standard InChI is InChI=1S/C14H15BrClN3O/c1-3-4-10-13(16)17-8-18-14(10)19-11-7-9(15)5-6-12(11)20-2/h5-8H,3-4H2,1-2H3,(H,17,18,19). The molecule has 2 aromatic rings. The number of nitrogens with one attached hydrogen (secondary N) is 1. The van der Waals surface area contributed by atoms with Gasteiger partial charge in [-0.1, -0.05) is 40.9 Å². The van der Waals surface area contributed by atoms with Crippen LogP contribution in [-0.2, 0) is 6.42 Å². The third-order valence-corrected chi connectivity index (χ3v) is 3.63. The summed E-state index contributed by atoms with van der Waals surface area (Å²) >= 11 is 9.60. The van der Waals surface area contributed by atoms with Crippen molar-refractivity contribution < 1.29 is 4.74 Å². The molecule has 4 nitrogen and oxygen atoms in total. The van der Waals surface area contributed by atoms with Gasteiger partial charge < -0.3 is 10.1 Å². The summed E-state index contributed by atoms with van der Waals surface area (Å²) in [6.07, 6.45) is 3.24. The molecule has 1 heterocycles. The molecule has 0 aliphatic carbocycles. The highest BCUT2D eigenvalue weighted by molar-refractivity contribution is 9.10. The molecule has 1 N–H and O–H groups in total. The van der Waals surface area contributed by atoms with Crippen molar-refractivity contribution in [3.05, 3.63) is 39.7 Å². The van der Waals surface area contributed by atoms with E-state index in [4.69, 9.17) is 16.3 Å². The molecule has 0 fully saturated rings. The van der Waals surface area contributed by atoms with E-state index in [9.17, 15) is 0 Å². The second kappa shape index (κ2) is 6.90. The van der Waals surface area contributed by atoms with Crippen LogP contribution in [0.15, 0.2) is 29.0 Å². The minimum atomic E-state index is 0.485. The Morgan fingerprint density at radius 3 is 2.85 bits per heavy atom. The molecule has 6 heteroatoms. The molecule has 1 aromatic heterocycles. The van der Waals surface area contributed by atoms with Gasteiger partial charge in [0.15, 0.2) is 0 Å². The Bertz CT molecular complexity index is 607. The van der Waals surface area contributed by atoms with E-state index < -0.39 is 0 Å². The summed E-state index contributed by atoms with van der Waals surface area (Å²) in [6.45, 7) is 2.09. The summed E-state index contributed by atoms with van der Waals surface area (Å²) in [5.41, 5.74) is 1.74. The average Bonchev–Trinajstić information content (AvgIpc) is 2.43. The number of rotatable bonds is 5. The molecule has 0 radical (unpaired) electrons. The quantitative estimate of drug-likeness (QED) is 0.796. The highest BCUT2D eigenvalue weighted by Gasteiger charge is 2.11. The number of halogens is 2. The monoisotopic (exact) mass is 355 g/mol. The smallest absolute Gasteiger partial charge is 0.142 e. The SMILES string of the molecule is CCCc1c(Cl)ncnc1Nc1cc(Br)ccc1OC. The minimum Gasteiger partial charge on any atom is -0.495 e. The first kappa shape index (κ1) is 15.1. The lowest BCUT2D eigenvalue weighted by Crippen LogP contribution is -2.02. The van der Waals surface area contributed by atoms with Gasteiger partial charge in [-0.3, -0.25) is 0 Å². The van der Waals surface area contributed by atoms with Crippen LogP contribution < -0.4 is 10.1 Å². The summed E-state index contributed by atoms with van der Waals surface area (Å²) in [6, 6.07) is 5.74. The zero-order chi connectivity index (χ0) is 14.5. The van der Waals surface area contributed by atoms with Crippen molar-refractivity contribution in [1.29, 1.82) is 0 Å². The van der Waals surface area contributed by atoms with E-state index in [1.165, 1.54) is 6.33 Å². The highest BCUT2D eigenvalue weighted by Crippen LogP contribution is 2.32. The third-order valence-electron chi connectivity index (χ3n) is 2.81. The van der Waals surface area contributed by atoms with E-state index in [1.807, 2.05) is 18.2 Å². The van der Waals surface area contributed by atoms with Crippen LogP contribution in [0.3, 0.4) is 0 Å². The number of anilines is 2. The van der Waals surface area contributed by atoms with Crippen molar-refractivity contribution >= 4 is 39.0 Å². The second-order valence-electron chi connectivity index (χ2n) is 4.21. The number of nitrogens with zero attached hydrogens (tertiary/aromatic N) is 2. The molecule has 20 heavy (non-hydrogen) atoms. The van der Waals surface area contributed by atoms with Gasteiger partial charge in [-0.2, -0.15) is 0 Å². The number of benzene rings is 1. The Morgan fingerprint density at radius 1 is 1.35 bits per heavy atom.